The SMILES string of the molecule is NCC1(CC(=O)Nc2ccc(C(=O)Nc3cccnc3)cc2)CCCCC1. The van der Waals surface area contributed by atoms with Gasteiger partial charge in [0.2, 0.25) is 5.91 Å². The molecule has 6 heteroatoms. The van der Waals surface area contributed by atoms with Gasteiger partial charge in [0.05, 0.1) is 11.9 Å². The third kappa shape index (κ3) is 5.14. The van der Waals surface area contributed by atoms with Crippen molar-refractivity contribution in [3.8, 4) is 0 Å². The topological polar surface area (TPSA) is 97.1 Å². The maximum absolute atomic E-state index is 12.5. The first-order valence-corrected chi connectivity index (χ1v) is 9.42. The van der Waals surface area contributed by atoms with Gasteiger partial charge in [0.25, 0.3) is 5.91 Å². The molecule has 1 aromatic carbocycles. The fourth-order valence-corrected chi connectivity index (χ4v) is 3.65. The highest BCUT2D eigenvalue weighted by molar-refractivity contribution is 6.04. The minimum Gasteiger partial charge on any atom is -0.330 e. The van der Waals surface area contributed by atoms with Crippen LogP contribution in [-0.2, 0) is 4.79 Å². The smallest absolute Gasteiger partial charge is 0.255 e. The van der Waals surface area contributed by atoms with Crippen molar-refractivity contribution in [3.63, 3.8) is 0 Å². The van der Waals surface area contributed by atoms with E-state index in [0.717, 1.165) is 25.7 Å². The van der Waals surface area contributed by atoms with Gasteiger partial charge in [0.15, 0.2) is 0 Å². The van der Waals surface area contributed by atoms with E-state index >= 15 is 0 Å². The van der Waals surface area contributed by atoms with Crippen LogP contribution in [0.4, 0.5) is 11.4 Å². The van der Waals surface area contributed by atoms with Crippen LogP contribution in [0.2, 0.25) is 0 Å². The number of carbonyl (C=O) groups excluding carboxylic acids is 2. The van der Waals surface area contributed by atoms with Crippen molar-refractivity contribution in [2.45, 2.75) is 38.5 Å². The maximum Gasteiger partial charge on any atom is 0.255 e. The number of hydrogen-bond acceptors (Lipinski definition) is 4. The molecular weight excluding hydrogens is 340 g/mol. The average molecular weight is 366 g/mol. The van der Waals surface area contributed by atoms with Gasteiger partial charge in [-0.2, -0.15) is 0 Å². The molecule has 2 amide bonds. The molecule has 6 nitrogen and oxygen atoms in total. The molecule has 1 aliphatic carbocycles. The van der Waals surface area contributed by atoms with Crippen LogP contribution in [0.25, 0.3) is 0 Å². The lowest BCUT2D eigenvalue weighted by atomic mass is 9.71. The molecule has 27 heavy (non-hydrogen) atoms. The molecule has 1 aromatic heterocycles. The van der Waals surface area contributed by atoms with Gasteiger partial charge in [0.1, 0.15) is 0 Å². The highest BCUT2D eigenvalue weighted by atomic mass is 16.2. The number of pyridine rings is 1. The zero-order chi connectivity index (χ0) is 19.1. The third-order valence-corrected chi connectivity index (χ3v) is 5.23. The summed E-state index contributed by atoms with van der Waals surface area (Å²) in [6, 6.07) is 10.4. The summed E-state index contributed by atoms with van der Waals surface area (Å²) in [5, 5.41) is 5.71. The Morgan fingerprint density at radius 1 is 1.00 bits per heavy atom. The summed E-state index contributed by atoms with van der Waals surface area (Å²) < 4.78 is 0. The minimum absolute atomic E-state index is 0.0186. The normalized spacial score (nSPS) is 15.7. The molecular formula is C21H26N4O2. The fraction of sp³-hybridized carbons (Fsp3) is 0.381. The summed E-state index contributed by atoms with van der Waals surface area (Å²) in [5.41, 5.74) is 7.74. The maximum atomic E-state index is 12.5. The van der Waals surface area contributed by atoms with Crippen molar-refractivity contribution in [1.82, 2.24) is 4.98 Å². The molecule has 1 saturated carbocycles. The van der Waals surface area contributed by atoms with Crippen LogP contribution < -0.4 is 16.4 Å². The number of rotatable bonds is 6. The van der Waals surface area contributed by atoms with Crippen LogP contribution in [0, 0.1) is 5.41 Å². The van der Waals surface area contributed by atoms with Crippen molar-refractivity contribution in [2.75, 3.05) is 17.2 Å². The van der Waals surface area contributed by atoms with Gasteiger partial charge >= 0.3 is 0 Å². The third-order valence-electron chi connectivity index (χ3n) is 5.23. The molecule has 1 fully saturated rings. The van der Waals surface area contributed by atoms with Crippen molar-refractivity contribution in [1.29, 1.82) is 0 Å². The Morgan fingerprint density at radius 3 is 2.37 bits per heavy atom. The summed E-state index contributed by atoms with van der Waals surface area (Å²) >= 11 is 0. The molecule has 1 heterocycles. The van der Waals surface area contributed by atoms with Gasteiger partial charge in [-0.25, -0.2) is 0 Å². The Kier molecular flexibility index (Phi) is 6.19. The Balaban J connectivity index is 1.57. The first-order chi connectivity index (χ1) is 13.1. The van der Waals surface area contributed by atoms with Gasteiger partial charge in [-0.3, -0.25) is 14.6 Å². The van der Waals surface area contributed by atoms with Crippen molar-refractivity contribution in [3.05, 3.63) is 54.4 Å². The number of anilines is 2. The average Bonchev–Trinajstić information content (AvgIpc) is 2.70. The molecule has 0 atom stereocenters. The molecule has 0 spiro atoms. The number of aromatic nitrogens is 1. The first-order valence-electron chi connectivity index (χ1n) is 9.42. The van der Waals surface area contributed by atoms with E-state index in [1.807, 2.05) is 0 Å². The van der Waals surface area contributed by atoms with Crippen molar-refractivity contribution >= 4 is 23.2 Å². The Labute approximate surface area is 159 Å². The molecule has 0 unspecified atom stereocenters. The second-order valence-corrected chi connectivity index (χ2v) is 7.26. The van der Waals surface area contributed by atoms with E-state index in [9.17, 15) is 9.59 Å². The van der Waals surface area contributed by atoms with E-state index in [-0.39, 0.29) is 17.2 Å². The monoisotopic (exact) mass is 366 g/mol. The lowest BCUT2D eigenvalue weighted by Crippen LogP contribution is -2.36. The molecule has 0 bridgehead atoms. The largest absolute Gasteiger partial charge is 0.330 e. The summed E-state index contributed by atoms with van der Waals surface area (Å²) in [6.07, 6.45) is 9.24. The summed E-state index contributed by atoms with van der Waals surface area (Å²) in [4.78, 5) is 28.7. The Morgan fingerprint density at radius 2 is 1.74 bits per heavy atom. The van der Waals surface area contributed by atoms with Crippen molar-refractivity contribution in [2.24, 2.45) is 11.1 Å². The molecule has 0 saturated heterocycles. The zero-order valence-corrected chi connectivity index (χ0v) is 15.4. The minimum atomic E-state index is -0.217. The molecule has 1 aliphatic rings. The van der Waals surface area contributed by atoms with E-state index in [4.69, 9.17) is 5.73 Å². The highest BCUT2D eigenvalue weighted by Gasteiger charge is 2.32. The van der Waals surface area contributed by atoms with E-state index in [0.29, 0.717) is 29.9 Å². The van der Waals surface area contributed by atoms with Crippen LogP contribution in [0.1, 0.15) is 48.9 Å². The second-order valence-electron chi connectivity index (χ2n) is 7.26. The number of amides is 2. The summed E-state index contributed by atoms with van der Waals surface area (Å²) in [7, 11) is 0. The second kappa shape index (κ2) is 8.77. The van der Waals surface area contributed by atoms with Crippen LogP contribution in [0.5, 0.6) is 0 Å². The number of hydrogen-bond donors (Lipinski definition) is 3. The van der Waals surface area contributed by atoms with Crippen LogP contribution in [0.15, 0.2) is 48.8 Å². The first kappa shape index (κ1) is 19.0. The summed E-state index contributed by atoms with van der Waals surface area (Å²) in [5.74, 6) is -0.236. The number of benzene rings is 1. The predicted octanol–water partition coefficient (Wildman–Crippen LogP) is 3.57. The van der Waals surface area contributed by atoms with Gasteiger partial charge < -0.3 is 16.4 Å². The summed E-state index contributed by atoms with van der Waals surface area (Å²) in [6.45, 7) is 0.549. The van der Waals surface area contributed by atoms with E-state index in [1.165, 1.54) is 6.42 Å². The van der Waals surface area contributed by atoms with Gasteiger partial charge in [-0.05, 0) is 61.2 Å². The molecule has 0 radical (unpaired) electrons. The molecule has 2 aromatic rings. The van der Waals surface area contributed by atoms with Crippen molar-refractivity contribution < 1.29 is 9.59 Å². The zero-order valence-electron chi connectivity index (χ0n) is 15.4. The fourth-order valence-electron chi connectivity index (χ4n) is 3.65. The molecule has 4 N–H and O–H groups in total. The quantitative estimate of drug-likeness (QED) is 0.728. The molecule has 0 aliphatic heterocycles. The lowest BCUT2D eigenvalue weighted by Gasteiger charge is -2.35. The predicted molar refractivity (Wildman–Crippen MR) is 106 cm³/mol. The highest BCUT2D eigenvalue weighted by Crippen LogP contribution is 2.38. The van der Waals surface area contributed by atoms with Crippen LogP contribution in [0.3, 0.4) is 0 Å². The van der Waals surface area contributed by atoms with Crippen LogP contribution in [-0.4, -0.2) is 23.3 Å². The number of nitrogens with zero attached hydrogens (tertiary/aromatic N) is 1. The lowest BCUT2D eigenvalue weighted by molar-refractivity contribution is -0.118. The number of nitrogens with one attached hydrogen (secondary N) is 2. The van der Waals surface area contributed by atoms with E-state index < -0.39 is 0 Å². The van der Waals surface area contributed by atoms with E-state index in [1.54, 1.807) is 48.8 Å². The Bertz CT molecular complexity index is 769. The Hall–Kier alpha value is -2.73. The van der Waals surface area contributed by atoms with Gasteiger partial charge in [0, 0.05) is 23.9 Å². The number of nitrogens with two attached hydrogens (primary N) is 1. The standard InChI is InChI=1S/C21H26N4O2/c22-15-21(10-2-1-3-11-21)13-19(26)24-17-8-6-16(7-9-17)20(27)25-18-5-4-12-23-14-18/h4-9,12,14H,1-3,10-11,13,15,22H2,(H,24,26)(H,25,27). The molecule has 142 valence electrons. The number of carbonyl (C=O) groups is 2. The van der Waals surface area contributed by atoms with Crippen LogP contribution >= 0.6 is 0 Å². The van der Waals surface area contributed by atoms with E-state index in [2.05, 4.69) is 15.6 Å². The van der Waals surface area contributed by atoms with Gasteiger partial charge in [-0.15, -0.1) is 0 Å². The van der Waals surface area contributed by atoms with Gasteiger partial charge in [-0.1, -0.05) is 19.3 Å². The molecule has 3 rings (SSSR count).